The van der Waals surface area contributed by atoms with E-state index in [0.717, 1.165) is 31.5 Å². The first-order valence-corrected chi connectivity index (χ1v) is 7.81. The van der Waals surface area contributed by atoms with Crippen LogP contribution in [0.2, 0.25) is 0 Å². The SMILES string of the molecule is CCCC/C=C/CCCC1=NC=C[N+]1(CCN)CC(=O)[O-]. The van der Waals surface area contributed by atoms with E-state index in [2.05, 4.69) is 24.1 Å². The minimum Gasteiger partial charge on any atom is -0.544 e. The van der Waals surface area contributed by atoms with E-state index in [9.17, 15) is 9.90 Å². The molecule has 21 heavy (non-hydrogen) atoms. The van der Waals surface area contributed by atoms with Crippen molar-refractivity contribution in [1.29, 1.82) is 0 Å². The van der Waals surface area contributed by atoms with Crippen LogP contribution in [0.5, 0.6) is 0 Å². The summed E-state index contributed by atoms with van der Waals surface area (Å²) in [5, 5.41) is 11.0. The van der Waals surface area contributed by atoms with Gasteiger partial charge in [0.05, 0.1) is 12.2 Å². The molecule has 5 nitrogen and oxygen atoms in total. The molecule has 0 aromatic rings. The molecule has 1 unspecified atom stereocenters. The standard InChI is InChI=1S/C16H27N3O2/c1-2-3-4-5-6-7-8-9-15-18-11-13-19(15,12-10-17)14-16(20)21/h5-6,11,13H,2-4,7-10,12,14,17H2,1H3/b6-5+. The Morgan fingerprint density at radius 3 is 2.71 bits per heavy atom. The predicted octanol–water partition coefficient (Wildman–Crippen LogP) is 1.31. The maximum Gasteiger partial charge on any atom is 0.207 e. The quantitative estimate of drug-likeness (QED) is 0.354. The molecule has 0 bridgehead atoms. The van der Waals surface area contributed by atoms with Gasteiger partial charge in [0.1, 0.15) is 19.3 Å². The van der Waals surface area contributed by atoms with Gasteiger partial charge in [-0.2, -0.15) is 0 Å². The van der Waals surface area contributed by atoms with Gasteiger partial charge in [-0.3, -0.25) is 0 Å². The maximum atomic E-state index is 11.0. The number of unbranched alkanes of at least 4 members (excludes halogenated alkanes) is 3. The molecule has 1 aliphatic heterocycles. The smallest absolute Gasteiger partial charge is 0.207 e. The van der Waals surface area contributed by atoms with Crippen LogP contribution in [0.1, 0.15) is 45.4 Å². The molecule has 0 saturated heterocycles. The van der Waals surface area contributed by atoms with Crippen molar-refractivity contribution in [3.8, 4) is 0 Å². The third-order valence-electron chi connectivity index (χ3n) is 3.69. The third kappa shape index (κ3) is 5.81. The summed E-state index contributed by atoms with van der Waals surface area (Å²) in [6, 6.07) is 0. The maximum absolute atomic E-state index is 11.0. The van der Waals surface area contributed by atoms with Crippen molar-refractivity contribution < 1.29 is 14.4 Å². The van der Waals surface area contributed by atoms with Crippen LogP contribution in [0.25, 0.3) is 0 Å². The number of carbonyl (C=O) groups is 1. The second-order valence-corrected chi connectivity index (χ2v) is 5.43. The number of allylic oxidation sites excluding steroid dienone is 2. The number of nitrogens with zero attached hydrogens (tertiary/aromatic N) is 2. The van der Waals surface area contributed by atoms with Gasteiger partial charge in [0, 0.05) is 13.0 Å². The van der Waals surface area contributed by atoms with Crippen LogP contribution in [-0.2, 0) is 4.79 Å². The molecule has 1 heterocycles. The number of rotatable bonds is 11. The van der Waals surface area contributed by atoms with Gasteiger partial charge in [-0.05, 0) is 19.3 Å². The van der Waals surface area contributed by atoms with Crippen LogP contribution in [-0.4, -0.2) is 35.9 Å². The molecule has 0 aromatic heterocycles. The Balaban J connectivity index is 2.45. The molecule has 0 fully saturated rings. The zero-order valence-electron chi connectivity index (χ0n) is 13.0. The number of quaternary nitrogens is 1. The lowest BCUT2D eigenvalue weighted by molar-refractivity contribution is -0.780. The average Bonchev–Trinajstić information content (AvgIpc) is 2.80. The number of hydrogen-bond acceptors (Lipinski definition) is 4. The second-order valence-electron chi connectivity index (χ2n) is 5.43. The number of aliphatic imine (C=N–C) groups is 1. The molecule has 2 N–H and O–H groups in total. The number of carboxylic acid groups (broad SMARTS) is 1. The highest BCUT2D eigenvalue weighted by atomic mass is 16.4. The van der Waals surface area contributed by atoms with Crippen molar-refractivity contribution in [2.24, 2.45) is 10.7 Å². The number of aliphatic carboxylic acids is 1. The monoisotopic (exact) mass is 293 g/mol. The fraction of sp³-hybridized carbons (Fsp3) is 0.625. The molecule has 0 aliphatic carbocycles. The normalized spacial score (nSPS) is 21.1. The molecule has 5 heteroatoms. The molecule has 0 spiro atoms. The minimum absolute atomic E-state index is 0.0845. The fourth-order valence-corrected chi connectivity index (χ4v) is 2.56. The van der Waals surface area contributed by atoms with E-state index in [1.54, 1.807) is 6.20 Å². The first-order chi connectivity index (χ1) is 10.1. The Labute approximate surface area is 127 Å². The van der Waals surface area contributed by atoms with E-state index in [1.807, 2.05) is 6.20 Å². The Morgan fingerprint density at radius 2 is 2.10 bits per heavy atom. The lowest BCUT2D eigenvalue weighted by atomic mass is 10.1. The zero-order valence-corrected chi connectivity index (χ0v) is 13.0. The van der Waals surface area contributed by atoms with E-state index in [1.165, 1.54) is 12.8 Å². The Kier molecular flexibility index (Phi) is 7.93. The molecule has 0 saturated carbocycles. The molecular weight excluding hydrogens is 266 g/mol. The lowest BCUT2D eigenvalue weighted by Crippen LogP contribution is -2.55. The van der Waals surface area contributed by atoms with Crippen LogP contribution < -0.4 is 10.8 Å². The van der Waals surface area contributed by atoms with E-state index in [0.29, 0.717) is 13.1 Å². The molecule has 1 aliphatic rings. The first kappa shape index (κ1) is 17.6. The molecule has 1 atom stereocenters. The van der Waals surface area contributed by atoms with Crippen molar-refractivity contribution in [2.75, 3.05) is 19.6 Å². The summed E-state index contributed by atoms with van der Waals surface area (Å²) in [6.07, 6.45) is 14.3. The first-order valence-electron chi connectivity index (χ1n) is 7.81. The highest BCUT2D eigenvalue weighted by Gasteiger charge is 2.34. The largest absolute Gasteiger partial charge is 0.544 e. The van der Waals surface area contributed by atoms with Crippen LogP contribution >= 0.6 is 0 Å². The minimum atomic E-state index is -1.07. The zero-order chi connectivity index (χ0) is 15.6. The van der Waals surface area contributed by atoms with E-state index in [4.69, 9.17) is 5.73 Å². The predicted molar refractivity (Wildman–Crippen MR) is 83.1 cm³/mol. The van der Waals surface area contributed by atoms with Gasteiger partial charge in [-0.25, -0.2) is 9.48 Å². The van der Waals surface area contributed by atoms with Crippen molar-refractivity contribution in [1.82, 2.24) is 0 Å². The molecule has 0 aromatic carbocycles. The van der Waals surface area contributed by atoms with Gasteiger partial charge in [-0.15, -0.1) is 0 Å². The topological polar surface area (TPSA) is 78.5 Å². The van der Waals surface area contributed by atoms with Crippen molar-refractivity contribution >= 4 is 11.8 Å². The summed E-state index contributed by atoms with van der Waals surface area (Å²) >= 11 is 0. The van der Waals surface area contributed by atoms with Crippen molar-refractivity contribution in [3.05, 3.63) is 24.6 Å². The molecule has 1 rings (SSSR count). The summed E-state index contributed by atoms with van der Waals surface area (Å²) in [7, 11) is 0. The molecule has 0 amide bonds. The summed E-state index contributed by atoms with van der Waals surface area (Å²) in [6.45, 7) is 3.08. The average molecular weight is 293 g/mol. The van der Waals surface area contributed by atoms with Crippen LogP contribution in [0.4, 0.5) is 0 Å². The summed E-state index contributed by atoms with van der Waals surface area (Å²) in [5.74, 6) is -0.186. The number of amidine groups is 1. The van der Waals surface area contributed by atoms with Gasteiger partial charge in [0.2, 0.25) is 5.84 Å². The number of carbonyl (C=O) groups excluding carboxylic acids is 1. The van der Waals surface area contributed by atoms with Gasteiger partial charge in [0.15, 0.2) is 0 Å². The van der Waals surface area contributed by atoms with Crippen LogP contribution in [0.15, 0.2) is 29.5 Å². The molecular formula is C16H27N3O2. The summed E-state index contributed by atoms with van der Waals surface area (Å²) in [5.41, 5.74) is 5.63. The van der Waals surface area contributed by atoms with E-state index < -0.39 is 5.97 Å². The van der Waals surface area contributed by atoms with E-state index >= 15 is 0 Å². The Bertz CT molecular complexity index is 416. The number of hydrogen-bond donors (Lipinski definition) is 1. The van der Waals surface area contributed by atoms with Crippen molar-refractivity contribution in [2.45, 2.75) is 45.4 Å². The van der Waals surface area contributed by atoms with Gasteiger partial charge in [-0.1, -0.05) is 31.9 Å². The van der Waals surface area contributed by atoms with Crippen molar-refractivity contribution in [3.63, 3.8) is 0 Å². The fourth-order valence-electron chi connectivity index (χ4n) is 2.56. The third-order valence-corrected chi connectivity index (χ3v) is 3.69. The van der Waals surface area contributed by atoms with E-state index in [-0.39, 0.29) is 11.0 Å². The highest BCUT2D eigenvalue weighted by molar-refractivity contribution is 5.80. The highest BCUT2D eigenvalue weighted by Crippen LogP contribution is 2.20. The van der Waals surface area contributed by atoms with Gasteiger partial charge in [0.25, 0.3) is 0 Å². The lowest BCUT2D eigenvalue weighted by Gasteiger charge is -2.32. The Hall–Kier alpha value is -1.46. The molecule has 118 valence electrons. The second kappa shape index (κ2) is 9.47. The number of nitrogens with two attached hydrogens (primary N) is 1. The number of carboxylic acids is 1. The molecule has 0 radical (unpaired) electrons. The van der Waals surface area contributed by atoms with Crippen LogP contribution in [0.3, 0.4) is 0 Å². The summed E-state index contributed by atoms with van der Waals surface area (Å²) < 4.78 is 0.221. The summed E-state index contributed by atoms with van der Waals surface area (Å²) in [4.78, 5) is 15.3. The van der Waals surface area contributed by atoms with Crippen LogP contribution in [0, 0.1) is 0 Å². The van der Waals surface area contributed by atoms with Gasteiger partial charge < -0.3 is 15.6 Å². The van der Waals surface area contributed by atoms with Gasteiger partial charge >= 0.3 is 0 Å². The Morgan fingerprint density at radius 1 is 1.38 bits per heavy atom.